The highest BCUT2D eigenvalue weighted by Gasteiger charge is 2.22. The number of carbonyl (C=O) groups is 1. The van der Waals surface area contributed by atoms with Crippen LogP contribution < -0.4 is 5.32 Å². The molecule has 0 aliphatic carbocycles. The summed E-state index contributed by atoms with van der Waals surface area (Å²) in [7, 11) is 0. The molecule has 1 amide bonds. The molecule has 0 aromatic carbocycles. The standard InChI is InChI=1S/C14H25N3O/c1-11(2)13(8-15)14(18)16-9-12(3)10-17-6-4-5-7-17/h11-13H,4-7,9-10H2,1-3H3,(H,16,18). The van der Waals surface area contributed by atoms with Crippen LogP contribution in [0, 0.1) is 29.1 Å². The summed E-state index contributed by atoms with van der Waals surface area (Å²) in [5.41, 5.74) is 0. The molecule has 4 heteroatoms. The first kappa shape index (κ1) is 15.0. The molecular weight excluding hydrogens is 226 g/mol. The number of nitriles is 1. The minimum atomic E-state index is -0.524. The van der Waals surface area contributed by atoms with Crippen molar-refractivity contribution in [1.82, 2.24) is 10.2 Å². The van der Waals surface area contributed by atoms with Crippen molar-refractivity contribution >= 4 is 5.91 Å². The van der Waals surface area contributed by atoms with Gasteiger partial charge in [-0.2, -0.15) is 5.26 Å². The summed E-state index contributed by atoms with van der Waals surface area (Å²) in [6, 6.07) is 2.08. The van der Waals surface area contributed by atoms with E-state index in [4.69, 9.17) is 5.26 Å². The SMILES string of the molecule is CC(CNC(=O)C(C#N)C(C)C)CN1CCCC1. The van der Waals surface area contributed by atoms with E-state index in [0.29, 0.717) is 12.5 Å². The number of hydrogen-bond donors (Lipinski definition) is 1. The molecule has 1 rings (SSSR count). The lowest BCUT2D eigenvalue weighted by Gasteiger charge is -2.21. The Morgan fingerprint density at radius 1 is 1.33 bits per heavy atom. The van der Waals surface area contributed by atoms with E-state index in [-0.39, 0.29) is 11.8 Å². The Balaban J connectivity index is 2.26. The van der Waals surface area contributed by atoms with Crippen molar-refractivity contribution in [1.29, 1.82) is 5.26 Å². The number of nitrogens with zero attached hydrogens (tertiary/aromatic N) is 2. The molecule has 2 atom stereocenters. The number of carbonyl (C=O) groups excluding carboxylic acids is 1. The predicted molar refractivity (Wildman–Crippen MR) is 71.8 cm³/mol. The highest BCUT2D eigenvalue weighted by molar-refractivity contribution is 5.81. The largest absolute Gasteiger partial charge is 0.355 e. The molecule has 0 spiro atoms. The number of nitrogens with one attached hydrogen (secondary N) is 1. The van der Waals surface area contributed by atoms with E-state index in [0.717, 1.165) is 6.54 Å². The monoisotopic (exact) mass is 251 g/mol. The third-order valence-electron chi connectivity index (χ3n) is 3.48. The maximum absolute atomic E-state index is 11.8. The van der Waals surface area contributed by atoms with Crippen LogP contribution in [0.15, 0.2) is 0 Å². The fourth-order valence-corrected chi connectivity index (χ4v) is 2.37. The molecule has 0 aromatic rings. The highest BCUT2D eigenvalue weighted by Crippen LogP contribution is 2.11. The van der Waals surface area contributed by atoms with Crippen molar-refractivity contribution in [3.8, 4) is 6.07 Å². The van der Waals surface area contributed by atoms with Crippen LogP contribution in [-0.4, -0.2) is 37.0 Å². The first-order valence-corrected chi connectivity index (χ1v) is 6.94. The third kappa shape index (κ3) is 4.66. The van der Waals surface area contributed by atoms with Crippen molar-refractivity contribution < 1.29 is 4.79 Å². The van der Waals surface area contributed by atoms with Crippen LogP contribution in [0.1, 0.15) is 33.6 Å². The smallest absolute Gasteiger partial charge is 0.237 e. The van der Waals surface area contributed by atoms with Crippen molar-refractivity contribution in [2.75, 3.05) is 26.2 Å². The van der Waals surface area contributed by atoms with Crippen molar-refractivity contribution in [2.24, 2.45) is 17.8 Å². The first-order chi connectivity index (χ1) is 8.54. The van der Waals surface area contributed by atoms with Gasteiger partial charge in [-0.15, -0.1) is 0 Å². The molecule has 1 heterocycles. The van der Waals surface area contributed by atoms with Gasteiger partial charge in [0.15, 0.2) is 0 Å². The second-order valence-corrected chi connectivity index (χ2v) is 5.71. The Morgan fingerprint density at radius 2 is 1.94 bits per heavy atom. The lowest BCUT2D eigenvalue weighted by Crippen LogP contribution is -2.38. The Labute approximate surface area is 110 Å². The van der Waals surface area contributed by atoms with Crippen LogP contribution in [0.2, 0.25) is 0 Å². The van der Waals surface area contributed by atoms with Crippen molar-refractivity contribution in [3.05, 3.63) is 0 Å². The van der Waals surface area contributed by atoms with E-state index < -0.39 is 5.92 Å². The van der Waals surface area contributed by atoms with Crippen molar-refractivity contribution in [3.63, 3.8) is 0 Å². The van der Waals surface area contributed by atoms with Gasteiger partial charge in [0.05, 0.1) is 6.07 Å². The first-order valence-electron chi connectivity index (χ1n) is 6.94. The van der Waals surface area contributed by atoms with E-state index in [1.165, 1.54) is 25.9 Å². The average Bonchev–Trinajstić information content (AvgIpc) is 2.79. The number of hydrogen-bond acceptors (Lipinski definition) is 3. The molecule has 1 aliphatic heterocycles. The molecule has 1 fully saturated rings. The van der Waals surface area contributed by atoms with Crippen molar-refractivity contribution in [2.45, 2.75) is 33.6 Å². The minimum Gasteiger partial charge on any atom is -0.355 e. The Bertz CT molecular complexity index is 303. The van der Waals surface area contributed by atoms with Gasteiger partial charge in [0.2, 0.25) is 5.91 Å². The Kier molecular flexibility index (Phi) is 6.14. The van der Waals surface area contributed by atoms with Crippen LogP contribution >= 0.6 is 0 Å². The van der Waals surface area contributed by atoms with Crippen LogP contribution in [0.4, 0.5) is 0 Å². The number of rotatable bonds is 6. The summed E-state index contributed by atoms with van der Waals surface area (Å²) in [6.45, 7) is 10.0. The summed E-state index contributed by atoms with van der Waals surface area (Å²) in [5.74, 6) is -0.132. The van der Waals surface area contributed by atoms with E-state index in [9.17, 15) is 4.79 Å². The summed E-state index contributed by atoms with van der Waals surface area (Å²) in [5, 5.41) is 11.8. The zero-order valence-electron chi connectivity index (χ0n) is 11.8. The number of likely N-dealkylation sites (tertiary alicyclic amines) is 1. The van der Waals surface area contributed by atoms with Gasteiger partial charge < -0.3 is 10.2 Å². The van der Waals surface area contributed by atoms with E-state index in [2.05, 4.69) is 23.2 Å². The maximum Gasteiger partial charge on any atom is 0.237 e. The molecule has 0 aromatic heterocycles. The van der Waals surface area contributed by atoms with Gasteiger partial charge in [-0.3, -0.25) is 4.79 Å². The molecule has 1 saturated heterocycles. The highest BCUT2D eigenvalue weighted by atomic mass is 16.1. The van der Waals surface area contributed by atoms with Gasteiger partial charge in [0.1, 0.15) is 5.92 Å². The molecule has 1 aliphatic rings. The molecule has 18 heavy (non-hydrogen) atoms. The molecular formula is C14H25N3O. The summed E-state index contributed by atoms with van der Waals surface area (Å²) in [4.78, 5) is 14.3. The van der Waals surface area contributed by atoms with Gasteiger partial charge in [-0.05, 0) is 37.8 Å². The fraction of sp³-hybridized carbons (Fsp3) is 0.857. The van der Waals surface area contributed by atoms with Crippen LogP contribution in [0.25, 0.3) is 0 Å². The fourth-order valence-electron chi connectivity index (χ4n) is 2.37. The lowest BCUT2D eigenvalue weighted by molar-refractivity contribution is -0.124. The van der Waals surface area contributed by atoms with Gasteiger partial charge >= 0.3 is 0 Å². The molecule has 0 bridgehead atoms. The predicted octanol–water partition coefficient (Wildman–Crippen LogP) is 1.63. The van der Waals surface area contributed by atoms with Crippen LogP contribution in [0.3, 0.4) is 0 Å². The molecule has 102 valence electrons. The van der Waals surface area contributed by atoms with Crippen LogP contribution in [-0.2, 0) is 4.79 Å². The van der Waals surface area contributed by atoms with Gasteiger partial charge in [-0.25, -0.2) is 0 Å². The van der Waals surface area contributed by atoms with E-state index in [1.54, 1.807) is 0 Å². The quantitative estimate of drug-likeness (QED) is 0.780. The van der Waals surface area contributed by atoms with Gasteiger partial charge in [-0.1, -0.05) is 20.8 Å². The molecule has 4 nitrogen and oxygen atoms in total. The summed E-state index contributed by atoms with van der Waals surface area (Å²) < 4.78 is 0. The Hall–Kier alpha value is -1.08. The summed E-state index contributed by atoms with van der Waals surface area (Å²) >= 11 is 0. The maximum atomic E-state index is 11.8. The van der Waals surface area contributed by atoms with E-state index >= 15 is 0 Å². The van der Waals surface area contributed by atoms with Gasteiger partial charge in [0, 0.05) is 13.1 Å². The zero-order valence-corrected chi connectivity index (χ0v) is 11.8. The second kappa shape index (κ2) is 7.38. The molecule has 0 saturated carbocycles. The topological polar surface area (TPSA) is 56.1 Å². The summed E-state index contributed by atoms with van der Waals surface area (Å²) in [6.07, 6.45) is 2.59. The average molecular weight is 251 g/mol. The van der Waals surface area contributed by atoms with E-state index in [1.807, 2.05) is 13.8 Å². The van der Waals surface area contributed by atoms with Gasteiger partial charge in [0.25, 0.3) is 0 Å². The third-order valence-corrected chi connectivity index (χ3v) is 3.48. The Morgan fingerprint density at radius 3 is 2.44 bits per heavy atom. The zero-order chi connectivity index (χ0) is 13.5. The lowest BCUT2D eigenvalue weighted by atomic mass is 9.96. The molecule has 2 unspecified atom stereocenters. The number of amides is 1. The minimum absolute atomic E-state index is 0.0730. The second-order valence-electron chi connectivity index (χ2n) is 5.71. The normalized spacial score (nSPS) is 19.5. The van der Waals surface area contributed by atoms with Crippen LogP contribution in [0.5, 0.6) is 0 Å². The molecule has 0 radical (unpaired) electrons. The molecule has 1 N–H and O–H groups in total.